The van der Waals surface area contributed by atoms with E-state index in [1.807, 2.05) is 63.2 Å². The molecule has 0 bridgehead atoms. The van der Waals surface area contributed by atoms with Crippen LogP contribution >= 0.6 is 0 Å². The molecule has 0 unspecified atom stereocenters. The second-order valence-electron chi connectivity index (χ2n) is 6.48. The molecule has 0 aliphatic heterocycles. The number of carbonyl (C=O) groups excluding carboxylic acids is 1. The van der Waals surface area contributed by atoms with Crippen LogP contribution < -0.4 is 10.1 Å². The molecule has 0 radical (unpaired) electrons. The lowest BCUT2D eigenvalue weighted by Crippen LogP contribution is -2.32. The molecule has 0 saturated heterocycles. The van der Waals surface area contributed by atoms with Crippen molar-refractivity contribution in [1.29, 1.82) is 0 Å². The molecule has 3 heteroatoms. The van der Waals surface area contributed by atoms with Crippen LogP contribution in [0.5, 0.6) is 5.75 Å². The topological polar surface area (TPSA) is 38.3 Å². The van der Waals surface area contributed by atoms with Gasteiger partial charge in [0, 0.05) is 5.69 Å². The maximum Gasteiger partial charge on any atom is 0.265 e. The monoisotopic (exact) mass is 325 g/mol. The number of anilines is 1. The summed E-state index contributed by atoms with van der Waals surface area (Å²) in [6.45, 7) is 10.3. The van der Waals surface area contributed by atoms with E-state index in [0.717, 1.165) is 22.6 Å². The number of amides is 1. The molecule has 0 fully saturated rings. The van der Waals surface area contributed by atoms with Gasteiger partial charge in [-0.15, -0.1) is 0 Å². The Hall–Kier alpha value is -2.29. The van der Waals surface area contributed by atoms with E-state index < -0.39 is 6.10 Å². The van der Waals surface area contributed by atoms with Gasteiger partial charge in [0.05, 0.1) is 0 Å². The van der Waals surface area contributed by atoms with Crippen LogP contribution in [0.4, 0.5) is 5.69 Å². The van der Waals surface area contributed by atoms with Crippen molar-refractivity contribution >= 4 is 11.6 Å². The SMILES string of the molecule is CC[C@@H](Oc1cccc(C)c1C)C(=O)Nc1ccc(C(C)C)cc1. The molecule has 0 saturated carbocycles. The van der Waals surface area contributed by atoms with Gasteiger partial charge < -0.3 is 10.1 Å². The van der Waals surface area contributed by atoms with Crippen molar-refractivity contribution < 1.29 is 9.53 Å². The fourth-order valence-electron chi connectivity index (χ4n) is 2.50. The number of nitrogens with one attached hydrogen (secondary N) is 1. The van der Waals surface area contributed by atoms with Gasteiger partial charge in [-0.1, -0.05) is 45.0 Å². The Morgan fingerprint density at radius 2 is 1.75 bits per heavy atom. The molecule has 0 heterocycles. The Morgan fingerprint density at radius 3 is 2.33 bits per heavy atom. The zero-order valence-electron chi connectivity index (χ0n) is 15.2. The molecule has 2 aromatic rings. The van der Waals surface area contributed by atoms with Gasteiger partial charge >= 0.3 is 0 Å². The molecule has 1 amide bonds. The first-order valence-corrected chi connectivity index (χ1v) is 8.56. The molecular weight excluding hydrogens is 298 g/mol. The predicted molar refractivity (Wildman–Crippen MR) is 99.8 cm³/mol. The molecule has 2 aromatic carbocycles. The Labute approximate surface area is 145 Å². The lowest BCUT2D eigenvalue weighted by molar-refractivity contribution is -0.122. The van der Waals surface area contributed by atoms with E-state index in [-0.39, 0.29) is 5.91 Å². The van der Waals surface area contributed by atoms with Crippen molar-refractivity contribution in [2.75, 3.05) is 5.32 Å². The normalized spacial score (nSPS) is 12.1. The number of benzene rings is 2. The van der Waals surface area contributed by atoms with Crippen LogP contribution in [0, 0.1) is 13.8 Å². The Kier molecular flexibility index (Phi) is 6.02. The second-order valence-corrected chi connectivity index (χ2v) is 6.48. The summed E-state index contributed by atoms with van der Waals surface area (Å²) in [4.78, 5) is 12.5. The highest BCUT2D eigenvalue weighted by molar-refractivity contribution is 5.94. The summed E-state index contributed by atoms with van der Waals surface area (Å²) in [6, 6.07) is 13.9. The Bertz CT molecular complexity index is 689. The summed E-state index contributed by atoms with van der Waals surface area (Å²) in [5.41, 5.74) is 4.29. The zero-order chi connectivity index (χ0) is 17.7. The van der Waals surface area contributed by atoms with Crippen LogP contribution in [0.2, 0.25) is 0 Å². The van der Waals surface area contributed by atoms with Gasteiger partial charge in [-0.3, -0.25) is 4.79 Å². The van der Waals surface area contributed by atoms with Gasteiger partial charge in [-0.25, -0.2) is 0 Å². The summed E-state index contributed by atoms with van der Waals surface area (Å²) < 4.78 is 5.96. The average molecular weight is 325 g/mol. The molecule has 0 aliphatic carbocycles. The molecule has 24 heavy (non-hydrogen) atoms. The molecule has 1 atom stereocenters. The second kappa shape index (κ2) is 8.00. The third-order valence-corrected chi connectivity index (χ3v) is 4.33. The first-order chi connectivity index (χ1) is 11.4. The number of aryl methyl sites for hydroxylation is 1. The zero-order valence-corrected chi connectivity index (χ0v) is 15.2. The lowest BCUT2D eigenvalue weighted by atomic mass is 10.0. The molecule has 0 aliphatic rings. The minimum Gasteiger partial charge on any atom is -0.480 e. The van der Waals surface area contributed by atoms with E-state index in [4.69, 9.17) is 4.74 Å². The highest BCUT2D eigenvalue weighted by Gasteiger charge is 2.19. The molecule has 0 spiro atoms. The van der Waals surface area contributed by atoms with E-state index in [9.17, 15) is 4.79 Å². The number of carbonyl (C=O) groups is 1. The Morgan fingerprint density at radius 1 is 1.08 bits per heavy atom. The third kappa shape index (κ3) is 4.38. The van der Waals surface area contributed by atoms with Crippen LogP contribution in [0.3, 0.4) is 0 Å². The van der Waals surface area contributed by atoms with Gasteiger partial charge in [0.15, 0.2) is 6.10 Å². The Balaban J connectivity index is 2.07. The maximum absolute atomic E-state index is 12.5. The largest absolute Gasteiger partial charge is 0.480 e. The quantitative estimate of drug-likeness (QED) is 0.790. The molecule has 1 N–H and O–H groups in total. The van der Waals surface area contributed by atoms with Crippen LogP contribution in [0.15, 0.2) is 42.5 Å². The smallest absolute Gasteiger partial charge is 0.265 e. The van der Waals surface area contributed by atoms with Crippen molar-refractivity contribution in [3.05, 3.63) is 59.2 Å². The van der Waals surface area contributed by atoms with Gasteiger partial charge in [-0.2, -0.15) is 0 Å². The summed E-state index contributed by atoms with van der Waals surface area (Å²) in [5, 5.41) is 2.95. The third-order valence-electron chi connectivity index (χ3n) is 4.33. The molecule has 2 rings (SSSR count). The predicted octanol–water partition coefficient (Wildman–Crippen LogP) is 5.22. The molecular formula is C21H27NO2. The maximum atomic E-state index is 12.5. The lowest BCUT2D eigenvalue weighted by Gasteiger charge is -2.19. The number of rotatable bonds is 6. The fraction of sp³-hybridized carbons (Fsp3) is 0.381. The van der Waals surface area contributed by atoms with Crippen molar-refractivity contribution in [1.82, 2.24) is 0 Å². The van der Waals surface area contributed by atoms with Gasteiger partial charge in [-0.05, 0) is 61.1 Å². The first-order valence-electron chi connectivity index (χ1n) is 8.56. The molecule has 128 valence electrons. The summed E-state index contributed by atoms with van der Waals surface area (Å²) >= 11 is 0. The van der Waals surface area contributed by atoms with E-state index >= 15 is 0 Å². The van der Waals surface area contributed by atoms with Crippen molar-refractivity contribution in [2.45, 2.75) is 53.1 Å². The van der Waals surface area contributed by atoms with E-state index in [1.165, 1.54) is 5.56 Å². The van der Waals surface area contributed by atoms with Crippen LogP contribution in [0.25, 0.3) is 0 Å². The van der Waals surface area contributed by atoms with Crippen LogP contribution in [-0.2, 0) is 4.79 Å². The fourth-order valence-corrected chi connectivity index (χ4v) is 2.50. The van der Waals surface area contributed by atoms with E-state index in [0.29, 0.717) is 12.3 Å². The molecule has 0 aromatic heterocycles. The van der Waals surface area contributed by atoms with Crippen LogP contribution in [-0.4, -0.2) is 12.0 Å². The molecule has 3 nitrogen and oxygen atoms in total. The highest BCUT2D eigenvalue weighted by atomic mass is 16.5. The van der Waals surface area contributed by atoms with Crippen molar-refractivity contribution in [3.63, 3.8) is 0 Å². The van der Waals surface area contributed by atoms with E-state index in [2.05, 4.69) is 19.2 Å². The minimum absolute atomic E-state index is 0.115. The minimum atomic E-state index is -0.504. The number of hydrogen-bond donors (Lipinski definition) is 1. The summed E-state index contributed by atoms with van der Waals surface area (Å²) in [5.74, 6) is 1.13. The number of ether oxygens (including phenoxy) is 1. The van der Waals surface area contributed by atoms with Crippen LogP contribution in [0.1, 0.15) is 49.8 Å². The standard InChI is InChI=1S/C21H27NO2/c1-6-19(24-20-9-7-8-15(4)16(20)5)21(23)22-18-12-10-17(11-13-18)14(2)3/h7-14,19H,6H2,1-5H3,(H,22,23)/t19-/m1/s1. The highest BCUT2D eigenvalue weighted by Crippen LogP contribution is 2.23. The summed E-state index contributed by atoms with van der Waals surface area (Å²) in [7, 11) is 0. The van der Waals surface area contributed by atoms with Gasteiger partial charge in [0.2, 0.25) is 0 Å². The van der Waals surface area contributed by atoms with Crippen molar-refractivity contribution in [3.8, 4) is 5.75 Å². The van der Waals surface area contributed by atoms with Gasteiger partial charge in [0.1, 0.15) is 5.75 Å². The van der Waals surface area contributed by atoms with Crippen molar-refractivity contribution in [2.24, 2.45) is 0 Å². The van der Waals surface area contributed by atoms with Gasteiger partial charge in [0.25, 0.3) is 5.91 Å². The number of hydrogen-bond acceptors (Lipinski definition) is 2. The van der Waals surface area contributed by atoms with E-state index in [1.54, 1.807) is 0 Å². The summed E-state index contributed by atoms with van der Waals surface area (Å²) in [6.07, 6.45) is 0.110. The average Bonchev–Trinajstić information content (AvgIpc) is 2.56. The first kappa shape index (κ1) is 18.1.